The molecular formula is C23H26N6O. The minimum absolute atomic E-state index is 0.181. The maximum absolute atomic E-state index is 10.8. The minimum Gasteiger partial charge on any atom is -0.507 e. The van der Waals surface area contributed by atoms with Crippen LogP contribution in [0.1, 0.15) is 19.4 Å². The molecule has 7 nitrogen and oxygen atoms in total. The van der Waals surface area contributed by atoms with E-state index in [0.29, 0.717) is 23.5 Å². The second-order valence-corrected chi connectivity index (χ2v) is 8.45. The maximum Gasteiger partial charge on any atom is 0.163 e. The number of hydrogen-bond acceptors (Lipinski definition) is 6. The van der Waals surface area contributed by atoms with Crippen LogP contribution in [0.25, 0.3) is 33.2 Å². The van der Waals surface area contributed by atoms with Crippen LogP contribution in [0.5, 0.6) is 5.75 Å². The van der Waals surface area contributed by atoms with Gasteiger partial charge in [-0.3, -0.25) is 4.68 Å². The lowest BCUT2D eigenvalue weighted by Gasteiger charge is -2.37. The number of piperazine rings is 1. The number of fused-ring (bicyclic) bond motifs is 2. The first-order valence-electron chi connectivity index (χ1n) is 10.3. The van der Waals surface area contributed by atoms with E-state index in [1.807, 2.05) is 38.5 Å². The van der Waals surface area contributed by atoms with Gasteiger partial charge in [0.2, 0.25) is 0 Å². The SMILES string of the molecule is Cc1c(O)c(-c2ncc3cc(N4C[C@@H](C)N[C@@H](C)C4)ccc3n2)cc2cn(C)nc12. The largest absolute Gasteiger partial charge is 0.507 e. The van der Waals surface area contributed by atoms with Crippen molar-refractivity contribution in [2.75, 3.05) is 18.0 Å². The van der Waals surface area contributed by atoms with Gasteiger partial charge in [0.15, 0.2) is 5.82 Å². The van der Waals surface area contributed by atoms with Crippen molar-refractivity contribution in [1.29, 1.82) is 0 Å². The number of aromatic hydroxyl groups is 1. The van der Waals surface area contributed by atoms with Crippen molar-refractivity contribution in [3.63, 3.8) is 0 Å². The molecule has 2 atom stereocenters. The van der Waals surface area contributed by atoms with Gasteiger partial charge in [-0.15, -0.1) is 0 Å². The molecule has 2 aromatic carbocycles. The molecule has 5 rings (SSSR count). The highest BCUT2D eigenvalue weighted by Gasteiger charge is 2.21. The number of hydrogen-bond donors (Lipinski definition) is 2. The zero-order chi connectivity index (χ0) is 21.0. The van der Waals surface area contributed by atoms with Gasteiger partial charge >= 0.3 is 0 Å². The zero-order valence-electron chi connectivity index (χ0n) is 17.7. The number of anilines is 1. The molecule has 4 aromatic rings. The summed E-state index contributed by atoms with van der Waals surface area (Å²) >= 11 is 0. The second kappa shape index (κ2) is 6.95. The van der Waals surface area contributed by atoms with Crippen molar-refractivity contribution < 1.29 is 5.11 Å². The molecule has 0 amide bonds. The number of benzene rings is 2. The highest BCUT2D eigenvalue weighted by atomic mass is 16.3. The van der Waals surface area contributed by atoms with Gasteiger partial charge in [0.25, 0.3) is 0 Å². The summed E-state index contributed by atoms with van der Waals surface area (Å²) in [7, 11) is 1.88. The number of aromatic nitrogens is 4. The fraction of sp³-hybridized carbons (Fsp3) is 0.348. The smallest absolute Gasteiger partial charge is 0.163 e. The lowest BCUT2D eigenvalue weighted by molar-refractivity contribution is 0.407. The van der Waals surface area contributed by atoms with Crippen LogP contribution in [-0.4, -0.2) is 50.0 Å². The standard InChI is InChI=1S/C23H26N6O/c1-13-10-29(11-14(2)25-13)18-5-6-20-16(7-18)9-24-23(26-20)19-8-17-12-28(4)27-21(17)15(3)22(19)30/h5-9,12-14,25,30H,10-11H2,1-4H3/t13-,14+. The molecule has 154 valence electrons. The van der Waals surface area contributed by atoms with E-state index in [4.69, 9.17) is 4.98 Å². The Hall–Kier alpha value is -3.19. The average molecular weight is 403 g/mol. The fourth-order valence-corrected chi connectivity index (χ4v) is 4.50. The Morgan fingerprint density at radius 2 is 1.87 bits per heavy atom. The van der Waals surface area contributed by atoms with Crippen molar-refractivity contribution in [2.45, 2.75) is 32.9 Å². The van der Waals surface area contributed by atoms with Crippen molar-refractivity contribution in [3.8, 4) is 17.1 Å². The molecule has 0 unspecified atom stereocenters. The Morgan fingerprint density at radius 3 is 2.63 bits per heavy atom. The Bertz CT molecular complexity index is 1250. The van der Waals surface area contributed by atoms with Crippen molar-refractivity contribution in [2.24, 2.45) is 7.05 Å². The van der Waals surface area contributed by atoms with Crippen molar-refractivity contribution in [3.05, 3.63) is 42.2 Å². The van der Waals surface area contributed by atoms with Crippen LogP contribution < -0.4 is 10.2 Å². The summed E-state index contributed by atoms with van der Waals surface area (Å²) < 4.78 is 1.75. The van der Waals surface area contributed by atoms with Crippen LogP contribution in [0, 0.1) is 6.92 Å². The zero-order valence-corrected chi connectivity index (χ0v) is 17.7. The third kappa shape index (κ3) is 3.15. The molecule has 0 radical (unpaired) electrons. The number of phenols is 1. The third-order valence-corrected chi connectivity index (χ3v) is 5.85. The molecule has 1 saturated heterocycles. The molecule has 1 aliphatic rings. The van der Waals surface area contributed by atoms with Crippen LogP contribution >= 0.6 is 0 Å². The van der Waals surface area contributed by atoms with E-state index in [0.717, 1.165) is 40.5 Å². The number of rotatable bonds is 2. The molecule has 30 heavy (non-hydrogen) atoms. The minimum atomic E-state index is 0.181. The average Bonchev–Trinajstić information content (AvgIpc) is 3.10. The number of nitrogens with zero attached hydrogens (tertiary/aromatic N) is 5. The first kappa shape index (κ1) is 18.8. The summed E-state index contributed by atoms with van der Waals surface area (Å²) in [5, 5.41) is 20.7. The van der Waals surface area contributed by atoms with Gasteiger partial charge in [-0.25, -0.2) is 9.97 Å². The topological polar surface area (TPSA) is 79.1 Å². The Morgan fingerprint density at radius 1 is 1.10 bits per heavy atom. The number of aryl methyl sites for hydroxylation is 2. The van der Waals surface area contributed by atoms with E-state index in [1.54, 1.807) is 4.68 Å². The van der Waals surface area contributed by atoms with Crippen molar-refractivity contribution in [1.82, 2.24) is 25.1 Å². The lowest BCUT2D eigenvalue weighted by atomic mass is 10.0. The maximum atomic E-state index is 10.8. The summed E-state index contributed by atoms with van der Waals surface area (Å²) in [4.78, 5) is 11.7. The summed E-state index contributed by atoms with van der Waals surface area (Å²) in [5.74, 6) is 0.701. The van der Waals surface area contributed by atoms with Crippen LogP contribution in [0.15, 0.2) is 36.7 Å². The van der Waals surface area contributed by atoms with E-state index in [-0.39, 0.29) is 5.75 Å². The molecule has 0 aliphatic carbocycles. The van der Waals surface area contributed by atoms with E-state index in [2.05, 4.69) is 46.3 Å². The molecule has 7 heteroatoms. The van der Waals surface area contributed by atoms with E-state index in [1.165, 1.54) is 5.69 Å². The first-order chi connectivity index (χ1) is 14.4. The Labute approximate surface area is 175 Å². The second-order valence-electron chi connectivity index (χ2n) is 8.45. The van der Waals surface area contributed by atoms with E-state index >= 15 is 0 Å². The van der Waals surface area contributed by atoms with Gasteiger partial charge in [0.05, 0.1) is 16.6 Å². The molecular weight excluding hydrogens is 376 g/mol. The molecule has 1 aliphatic heterocycles. The quantitative estimate of drug-likeness (QED) is 0.535. The molecule has 2 aromatic heterocycles. The summed E-state index contributed by atoms with van der Waals surface area (Å²) in [6, 6.07) is 9.13. The first-order valence-corrected chi connectivity index (χ1v) is 10.3. The van der Waals surface area contributed by atoms with Gasteiger partial charge in [-0.2, -0.15) is 5.10 Å². The molecule has 1 fully saturated rings. The predicted molar refractivity (Wildman–Crippen MR) is 120 cm³/mol. The van der Waals surface area contributed by atoms with Gasteiger partial charge in [-0.1, -0.05) is 0 Å². The van der Waals surface area contributed by atoms with Gasteiger partial charge in [0.1, 0.15) is 5.75 Å². The van der Waals surface area contributed by atoms with Gasteiger partial charge < -0.3 is 15.3 Å². The Kier molecular flexibility index (Phi) is 4.36. The summed E-state index contributed by atoms with van der Waals surface area (Å²) in [6.45, 7) is 8.26. The summed E-state index contributed by atoms with van der Waals surface area (Å²) in [5.41, 5.74) is 4.22. The van der Waals surface area contributed by atoms with E-state index < -0.39 is 0 Å². The van der Waals surface area contributed by atoms with Crippen LogP contribution in [0.2, 0.25) is 0 Å². The summed E-state index contributed by atoms with van der Waals surface area (Å²) in [6.07, 6.45) is 3.78. The predicted octanol–water partition coefficient (Wildman–Crippen LogP) is 3.38. The lowest BCUT2D eigenvalue weighted by Crippen LogP contribution is -2.54. The Balaban J connectivity index is 1.55. The molecule has 0 spiro atoms. The van der Waals surface area contributed by atoms with Crippen LogP contribution in [0.3, 0.4) is 0 Å². The van der Waals surface area contributed by atoms with Gasteiger partial charge in [-0.05, 0) is 45.0 Å². The number of phenolic OH excluding ortho intramolecular Hbond substituents is 1. The highest BCUT2D eigenvalue weighted by molar-refractivity contribution is 5.91. The molecule has 3 heterocycles. The van der Waals surface area contributed by atoms with Crippen LogP contribution in [0.4, 0.5) is 5.69 Å². The molecule has 2 N–H and O–H groups in total. The third-order valence-electron chi connectivity index (χ3n) is 5.85. The molecule has 0 bridgehead atoms. The fourth-order valence-electron chi connectivity index (χ4n) is 4.50. The monoisotopic (exact) mass is 402 g/mol. The highest BCUT2D eigenvalue weighted by Crippen LogP contribution is 2.36. The normalized spacial score (nSPS) is 19.7. The van der Waals surface area contributed by atoms with E-state index in [9.17, 15) is 5.11 Å². The number of nitrogens with one attached hydrogen (secondary N) is 1. The van der Waals surface area contributed by atoms with Crippen molar-refractivity contribution >= 4 is 27.5 Å². The van der Waals surface area contributed by atoms with Crippen LogP contribution in [-0.2, 0) is 7.05 Å². The molecule has 0 saturated carbocycles. The van der Waals surface area contributed by atoms with Gasteiger partial charge in [0, 0.05) is 66.6 Å².